The molecule has 1 amide bonds. The van der Waals surface area contributed by atoms with Crippen molar-refractivity contribution >= 4 is 5.91 Å². The summed E-state index contributed by atoms with van der Waals surface area (Å²) in [5.74, 6) is -0.353. The zero-order valence-electron chi connectivity index (χ0n) is 11.6. The Labute approximate surface area is 121 Å². The van der Waals surface area contributed by atoms with E-state index in [4.69, 9.17) is 0 Å². The molecule has 5 heteroatoms. The molecule has 2 aromatic rings. The van der Waals surface area contributed by atoms with Gasteiger partial charge in [0.25, 0.3) is 11.5 Å². The number of amides is 1. The fourth-order valence-corrected chi connectivity index (χ4v) is 2.66. The standard InChI is InChI=1S/C16H16N2O3/c1-18-7-6-11(9-14(18)20)16(21)17-15-12-5-3-2-4-10(12)8-13(15)19/h2-7,9,13,15,19H,8H2,1H3,(H,17,21). The smallest absolute Gasteiger partial charge is 0.252 e. The number of hydrogen-bond donors (Lipinski definition) is 2. The summed E-state index contributed by atoms with van der Waals surface area (Å²) in [6.07, 6.45) is 1.44. The van der Waals surface area contributed by atoms with Crippen molar-refractivity contribution in [1.29, 1.82) is 0 Å². The predicted molar refractivity (Wildman–Crippen MR) is 78.0 cm³/mol. The first-order valence-corrected chi connectivity index (χ1v) is 6.79. The van der Waals surface area contributed by atoms with Crippen LogP contribution in [0.3, 0.4) is 0 Å². The van der Waals surface area contributed by atoms with Gasteiger partial charge in [-0.15, -0.1) is 0 Å². The molecule has 5 nitrogen and oxygen atoms in total. The maximum Gasteiger partial charge on any atom is 0.252 e. The number of nitrogens with one attached hydrogen (secondary N) is 1. The molecule has 1 aromatic carbocycles. The Bertz CT molecular complexity index is 751. The summed E-state index contributed by atoms with van der Waals surface area (Å²) in [6.45, 7) is 0. The second-order valence-electron chi connectivity index (χ2n) is 5.29. The Morgan fingerprint density at radius 2 is 2.10 bits per heavy atom. The highest BCUT2D eigenvalue weighted by Crippen LogP contribution is 2.31. The van der Waals surface area contributed by atoms with Crippen molar-refractivity contribution < 1.29 is 9.90 Å². The largest absolute Gasteiger partial charge is 0.390 e. The van der Waals surface area contributed by atoms with Gasteiger partial charge in [0.05, 0.1) is 12.1 Å². The van der Waals surface area contributed by atoms with Crippen molar-refractivity contribution in [3.05, 3.63) is 69.6 Å². The van der Waals surface area contributed by atoms with Crippen molar-refractivity contribution in [1.82, 2.24) is 9.88 Å². The number of carbonyl (C=O) groups is 1. The second-order valence-corrected chi connectivity index (χ2v) is 5.29. The van der Waals surface area contributed by atoms with E-state index in [1.807, 2.05) is 24.3 Å². The molecule has 0 radical (unpaired) electrons. The number of rotatable bonds is 2. The van der Waals surface area contributed by atoms with E-state index in [1.165, 1.54) is 10.6 Å². The predicted octanol–water partition coefficient (Wildman–Crippen LogP) is 0.773. The number of aliphatic hydroxyl groups is 1. The molecule has 3 rings (SSSR count). The first kappa shape index (κ1) is 13.6. The highest BCUT2D eigenvalue weighted by Gasteiger charge is 2.32. The molecule has 2 atom stereocenters. The molecule has 21 heavy (non-hydrogen) atoms. The molecule has 0 saturated carbocycles. The molecular formula is C16H16N2O3. The quantitative estimate of drug-likeness (QED) is 0.856. The van der Waals surface area contributed by atoms with Crippen LogP contribution in [0.25, 0.3) is 0 Å². The molecule has 0 aliphatic heterocycles. The fraction of sp³-hybridized carbons (Fsp3) is 0.250. The molecule has 0 bridgehead atoms. The van der Waals surface area contributed by atoms with E-state index in [0.29, 0.717) is 12.0 Å². The normalized spacial score (nSPS) is 20.1. The third kappa shape index (κ3) is 2.48. The summed E-state index contributed by atoms with van der Waals surface area (Å²) in [4.78, 5) is 23.8. The maximum atomic E-state index is 12.2. The molecule has 2 unspecified atom stereocenters. The first-order valence-electron chi connectivity index (χ1n) is 6.79. The summed E-state index contributed by atoms with van der Waals surface area (Å²) < 4.78 is 1.40. The molecule has 0 fully saturated rings. The Balaban J connectivity index is 1.85. The van der Waals surface area contributed by atoms with Gasteiger partial charge in [-0.05, 0) is 17.2 Å². The van der Waals surface area contributed by atoms with Crippen LogP contribution in [0.2, 0.25) is 0 Å². The summed E-state index contributed by atoms with van der Waals surface area (Å²) in [7, 11) is 1.63. The number of hydrogen-bond acceptors (Lipinski definition) is 3. The molecule has 1 aliphatic rings. The van der Waals surface area contributed by atoms with Gasteiger partial charge in [-0.3, -0.25) is 9.59 Å². The van der Waals surface area contributed by atoms with Crippen molar-refractivity contribution in [2.24, 2.45) is 7.05 Å². The third-order valence-electron chi connectivity index (χ3n) is 3.86. The van der Waals surface area contributed by atoms with Crippen LogP contribution in [0.4, 0.5) is 0 Å². The van der Waals surface area contributed by atoms with Crippen LogP contribution in [-0.2, 0) is 13.5 Å². The van der Waals surface area contributed by atoms with E-state index in [2.05, 4.69) is 5.32 Å². The van der Waals surface area contributed by atoms with E-state index in [-0.39, 0.29) is 11.5 Å². The average molecular weight is 284 g/mol. The average Bonchev–Trinajstić information content (AvgIpc) is 2.78. The Morgan fingerprint density at radius 3 is 2.86 bits per heavy atom. The molecule has 1 aliphatic carbocycles. The molecule has 0 spiro atoms. The Kier molecular flexibility index (Phi) is 3.35. The van der Waals surface area contributed by atoms with Crippen LogP contribution >= 0.6 is 0 Å². The monoisotopic (exact) mass is 284 g/mol. The lowest BCUT2D eigenvalue weighted by Crippen LogP contribution is -2.34. The van der Waals surface area contributed by atoms with Crippen molar-refractivity contribution in [3.63, 3.8) is 0 Å². The van der Waals surface area contributed by atoms with E-state index in [0.717, 1.165) is 11.1 Å². The van der Waals surface area contributed by atoms with Crippen molar-refractivity contribution in [2.75, 3.05) is 0 Å². The second kappa shape index (κ2) is 5.18. The maximum absolute atomic E-state index is 12.2. The molecule has 0 saturated heterocycles. The summed E-state index contributed by atoms with van der Waals surface area (Å²) in [5, 5.41) is 12.9. The van der Waals surface area contributed by atoms with Crippen molar-refractivity contribution in [3.8, 4) is 0 Å². The first-order chi connectivity index (χ1) is 10.1. The number of carbonyl (C=O) groups excluding carboxylic acids is 1. The van der Waals surface area contributed by atoms with Gasteiger partial charge < -0.3 is 15.0 Å². The molecule has 1 aromatic heterocycles. The minimum Gasteiger partial charge on any atom is -0.390 e. The van der Waals surface area contributed by atoms with Crippen LogP contribution < -0.4 is 10.9 Å². The number of aryl methyl sites for hydroxylation is 1. The lowest BCUT2D eigenvalue weighted by atomic mass is 10.1. The summed E-state index contributed by atoms with van der Waals surface area (Å²) in [6, 6.07) is 10.1. The molecule has 2 N–H and O–H groups in total. The SMILES string of the molecule is Cn1ccc(C(=O)NC2c3ccccc3CC2O)cc1=O. The third-order valence-corrected chi connectivity index (χ3v) is 3.86. The molecular weight excluding hydrogens is 268 g/mol. The minimum atomic E-state index is -0.641. The summed E-state index contributed by atoms with van der Waals surface area (Å²) in [5.41, 5.74) is 2.03. The van der Waals surface area contributed by atoms with E-state index >= 15 is 0 Å². The zero-order valence-corrected chi connectivity index (χ0v) is 11.6. The topological polar surface area (TPSA) is 71.3 Å². The van der Waals surface area contributed by atoms with Crippen LogP contribution in [0.5, 0.6) is 0 Å². The number of fused-ring (bicyclic) bond motifs is 1. The van der Waals surface area contributed by atoms with Gasteiger partial charge in [0, 0.05) is 31.3 Å². The van der Waals surface area contributed by atoms with Gasteiger partial charge in [0.2, 0.25) is 0 Å². The van der Waals surface area contributed by atoms with Gasteiger partial charge in [-0.1, -0.05) is 24.3 Å². The minimum absolute atomic E-state index is 0.241. The Morgan fingerprint density at radius 1 is 1.33 bits per heavy atom. The van der Waals surface area contributed by atoms with Crippen LogP contribution in [0, 0.1) is 0 Å². The van der Waals surface area contributed by atoms with Gasteiger partial charge in [-0.25, -0.2) is 0 Å². The van der Waals surface area contributed by atoms with Gasteiger partial charge in [-0.2, -0.15) is 0 Å². The molecule has 1 heterocycles. The number of pyridine rings is 1. The van der Waals surface area contributed by atoms with Crippen LogP contribution in [0.1, 0.15) is 27.5 Å². The highest BCUT2D eigenvalue weighted by molar-refractivity contribution is 5.94. The van der Waals surface area contributed by atoms with Gasteiger partial charge in [0.1, 0.15) is 0 Å². The van der Waals surface area contributed by atoms with Crippen LogP contribution in [-0.4, -0.2) is 21.7 Å². The number of nitrogens with zero attached hydrogens (tertiary/aromatic N) is 1. The summed E-state index contributed by atoms with van der Waals surface area (Å²) >= 11 is 0. The van der Waals surface area contributed by atoms with Crippen molar-refractivity contribution in [2.45, 2.75) is 18.6 Å². The van der Waals surface area contributed by atoms with E-state index < -0.39 is 12.1 Å². The Hall–Kier alpha value is -2.40. The lowest BCUT2D eigenvalue weighted by Gasteiger charge is -2.18. The zero-order chi connectivity index (χ0) is 15.0. The van der Waals surface area contributed by atoms with E-state index in [9.17, 15) is 14.7 Å². The van der Waals surface area contributed by atoms with Crippen LogP contribution in [0.15, 0.2) is 47.4 Å². The van der Waals surface area contributed by atoms with Gasteiger partial charge >= 0.3 is 0 Å². The number of aromatic nitrogens is 1. The number of aliphatic hydroxyl groups excluding tert-OH is 1. The lowest BCUT2D eigenvalue weighted by molar-refractivity contribution is 0.0858. The molecule has 108 valence electrons. The number of benzene rings is 1. The van der Waals surface area contributed by atoms with Gasteiger partial charge in [0.15, 0.2) is 0 Å². The fourth-order valence-electron chi connectivity index (χ4n) is 2.66. The van der Waals surface area contributed by atoms with E-state index in [1.54, 1.807) is 19.3 Å². The highest BCUT2D eigenvalue weighted by atomic mass is 16.3.